The van der Waals surface area contributed by atoms with Crippen molar-refractivity contribution < 1.29 is 19.0 Å². The van der Waals surface area contributed by atoms with Crippen molar-refractivity contribution in [1.82, 2.24) is 9.47 Å². The summed E-state index contributed by atoms with van der Waals surface area (Å²) < 4.78 is 19.4. The number of amides is 1. The van der Waals surface area contributed by atoms with Gasteiger partial charge in [-0.15, -0.1) is 0 Å². The van der Waals surface area contributed by atoms with E-state index < -0.39 is 6.04 Å². The summed E-state index contributed by atoms with van der Waals surface area (Å²) >= 11 is 1.24. The lowest BCUT2D eigenvalue weighted by Crippen LogP contribution is -2.43. The van der Waals surface area contributed by atoms with Crippen LogP contribution >= 0.6 is 11.3 Å². The molecule has 0 saturated heterocycles. The molecule has 1 aliphatic heterocycles. The predicted octanol–water partition coefficient (Wildman–Crippen LogP) is 4.57. The number of nitrogens with zero attached hydrogens (tertiary/aromatic N) is 4. The van der Waals surface area contributed by atoms with Gasteiger partial charge in [0.2, 0.25) is 0 Å². The first kappa shape index (κ1) is 31.3. The van der Waals surface area contributed by atoms with Gasteiger partial charge in [-0.3, -0.25) is 14.2 Å². The van der Waals surface area contributed by atoms with Gasteiger partial charge in [0, 0.05) is 29.8 Å². The fraction of sp³-hybridized carbons (Fsp3) is 0.257. The third-order valence-corrected chi connectivity index (χ3v) is 8.74. The summed E-state index contributed by atoms with van der Waals surface area (Å²) in [4.78, 5) is 35.3. The number of hydrogen-bond acceptors (Lipinski definition) is 8. The number of hydrogen-bond donors (Lipinski definition) is 0. The summed E-state index contributed by atoms with van der Waals surface area (Å²) in [5, 5.41) is 9.47. The van der Waals surface area contributed by atoms with Gasteiger partial charge in [0.25, 0.3) is 11.5 Å². The smallest absolute Gasteiger partial charge is 0.271 e. The number of methoxy groups -OCH3 is 2. The number of rotatable bonds is 10. The van der Waals surface area contributed by atoms with Gasteiger partial charge in [-0.1, -0.05) is 47.7 Å². The number of ether oxygens (including phenoxy) is 3. The van der Waals surface area contributed by atoms with Crippen LogP contribution in [0.2, 0.25) is 0 Å². The van der Waals surface area contributed by atoms with E-state index in [9.17, 15) is 14.9 Å². The number of likely N-dealkylation sites (N-methyl/N-ethyl adjacent to an activating group) is 1. The van der Waals surface area contributed by atoms with Crippen LogP contribution in [0.3, 0.4) is 0 Å². The molecule has 5 rings (SSSR count). The highest BCUT2D eigenvalue weighted by Gasteiger charge is 2.36. The van der Waals surface area contributed by atoms with Crippen LogP contribution in [0, 0.1) is 11.3 Å². The number of carbonyl (C=O) groups excluding carboxylic acids is 1. The maximum Gasteiger partial charge on any atom is 0.271 e. The molecule has 0 bridgehead atoms. The Morgan fingerprint density at radius 1 is 1.04 bits per heavy atom. The first-order chi connectivity index (χ1) is 21.8. The zero-order valence-corrected chi connectivity index (χ0v) is 26.7. The lowest BCUT2D eigenvalue weighted by Gasteiger charge is -2.30. The second-order valence-electron chi connectivity index (χ2n) is 10.3. The van der Waals surface area contributed by atoms with Crippen molar-refractivity contribution >= 4 is 23.3 Å². The Morgan fingerprint density at radius 3 is 2.49 bits per heavy atom. The van der Waals surface area contributed by atoms with Gasteiger partial charge in [0.1, 0.15) is 29.9 Å². The lowest BCUT2D eigenvalue weighted by molar-refractivity contribution is -0.127. The summed E-state index contributed by atoms with van der Waals surface area (Å²) in [5.74, 6) is 1.46. The summed E-state index contributed by atoms with van der Waals surface area (Å²) in [7, 11) is 3.13. The maximum atomic E-state index is 14.3. The zero-order chi connectivity index (χ0) is 32.1. The van der Waals surface area contributed by atoms with Crippen LogP contribution in [0.15, 0.2) is 87.8 Å². The van der Waals surface area contributed by atoms with Crippen LogP contribution in [0.5, 0.6) is 17.2 Å². The van der Waals surface area contributed by atoms with Crippen molar-refractivity contribution in [2.24, 2.45) is 4.99 Å². The number of fused-ring (bicyclic) bond motifs is 1. The van der Waals surface area contributed by atoms with E-state index in [1.165, 1.54) is 11.3 Å². The van der Waals surface area contributed by atoms with E-state index in [0.29, 0.717) is 67.6 Å². The molecule has 0 aliphatic carbocycles. The Balaban J connectivity index is 1.66. The van der Waals surface area contributed by atoms with Gasteiger partial charge < -0.3 is 19.1 Å². The maximum absolute atomic E-state index is 14.3. The molecule has 0 unspecified atom stereocenters. The monoisotopic (exact) mass is 622 g/mol. The molecule has 1 amide bonds. The molecule has 1 aromatic heterocycles. The molecule has 1 atom stereocenters. The van der Waals surface area contributed by atoms with Crippen molar-refractivity contribution in [3.8, 4) is 23.3 Å². The zero-order valence-electron chi connectivity index (χ0n) is 25.9. The Labute approximate surface area is 265 Å². The van der Waals surface area contributed by atoms with Crippen molar-refractivity contribution in [3.05, 3.63) is 120 Å². The van der Waals surface area contributed by atoms with Crippen molar-refractivity contribution in [2.75, 3.05) is 27.3 Å². The highest BCUT2D eigenvalue weighted by atomic mass is 32.1. The molecule has 0 spiro atoms. The summed E-state index contributed by atoms with van der Waals surface area (Å²) in [6, 6.07) is 21.5. The minimum Gasteiger partial charge on any atom is -0.497 e. The van der Waals surface area contributed by atoms with E-state index >= 15 is 0 Å². The molecule has 4 aromatic rings. The number of nitriles is 1. The van der Waals surface area contributed by atoms with Gasteiger partial charge in [0.15, 0.2) is 4.80 Å². The van der Waals surface area contributed by atoms with Gasteiger partial charge in [-0.05, 0) is 57.2 Å². The third-order valence-electron chi connectivity index (χ3n) is 7.76. The second-order valence-corrected chi connectivity index (χ2v) is 11.3. The summed E-state index contributed by atoms with van der Waals surface area (Å²) in [6.07, 6.45) is 1.78. The standard InChI is InChI=1S/C35H34N4O5S/c1-6-38(7-2)34(41)31-22(3)37-35-39(32(31)27-19-26(42-4)16-17-29(27)43-5)33(40)30(45-35)18-23-12-10-11-15-28(23)44-21-25-14-9-8-13-24(25)20-36/h8-19,32H,6-7,21H2,1-5H3/b30-18+/t32-/m0/s1. The molecule has 9 nitrogen and oxygen atoms in total. The first-order valence-electron chi connectivity index (χ1n) is 14.6. The van der Waals surface area contributed by atoms with Crippen LogP contribution in [-0.4, -0.2) is 42.7 Å². The number of para-hydroxylation sites is 1. The minimum atomic E-state index is -0.796. The van der Waals surface area contributed by atoms with E-state index in [2.05, 4.69) is 6.07 Å². The fourth-order valence-corrected chi connectivity index (χ4v) is 6.44. The Kier molecular flexibility index (Phi) is 9.50. The largest absolute Gasteiger partial charge is 0.497 e. The number of allylic oxidation sites excluding steroid dienone is 1. The molecule has 2 heterocycles. The molecular weight excluding hydrogens is 588 g/mol. The van der Waals surface area contributed by atoms with Gasteiger partial charge in [-0.25, -0.2) is 4.99 Å². The minimum absolute atomic E-state index is 0.193. The molecule has 1 aliphatic rings. The molecule has 0 saturated carbocycles. The molecule has 3 aromatic carbocycles. The van der Waals surface area contributed by atoms with Crippen molar-refractivity contribution in [1.29, 1.82) is 5.26 Å². The highest BCUT2D eigenvalue weighted by molar-refractivity contribution is 7.07. The van der Waals surface area contributed by atoms with Gasteiger partial charge >= 0.3 is 0 Å². The fourth-order valence-electron chi connectivity index (χ4n) is 5.41. The van der Waals surface area contributed by atoms with Gasteiger partial charge in [-0.2, -0.15) is 5.26 Å². The lowest BCUT2D eigenvalue weighted by atomic mass is 9.93. The van der Waals surface area contributed by atoms with Gasteiger partial charge in [0.05, 0.1) is 41.7 Å². The van der Waals surface area contributed by atoms with E-state index in [4.69, 9.17) is 19.2 Å². The topological polar surface area (TPSA) is 106 Å². The van der Waals surface area contributed by atoms with Crippen LogP contribution in [-0.2, 0) is 11.4 Å². The number of thiazole rings is 1. The number of benzene rings is 3. The van der Waals surface area contributed by atoms with Crippen molar-refractivity contribution in [3.63, 3.8) is 0 Å². The molecule has 10 heteroatoms. The molecular formula is C35H34N4O5S. The molecule has 0 fully saturated rings. The van der Waals surface area contributed by atoms with Crippen LogP contribution in [0.25, 0.3) is 6.08 Å². The highest BCUT2D eigenvalue weighted by Crippen LogP contribution is 2.38. The molecule has 45 heavy (non-hydrogen) atoms. The normalized spacial score (nSPS) is 14.3. The molecule has 0 radical (unpaired) electrons. The quantitative estimate of drug-likeness (QED) is 0.257. The first-order valence-corrected chi connectivity index (χ1v) is 15.4. The molecule has 0 N–H and O–H groups in total. The Bertz CT molecular complexity index is 2000. The van der Waals surface area contributed by atoms with Crippen LogP contribution < -0.4 is 29.1 Å². The number of carbonyl (C=O) groups is 1. The Morgan fingerprint density at radius 2 is 1.78 bits per heavy atom. The predicted molar refractivity (Wildman–Crippen MR) is 173 cm³/mol. The van der Waals surface area contributed by atoms with E-state index in [-0.39, 0.29) is 18.1 Å². The van der Waals surface area contributed by atoms with Crippen LogP contribution in [0.4, 0.5) is 0 Å². The average molecular weight is 623 g/mol. The number of aromatic nitrogens is 1. The summed E-state index contributed by atoms with van der Waals surface area (Å²) in [6.45, 7) is 6.86. The van der Waals surface area contributed by atoms with E-state index in [1.54, 1.807) is 61.0 Å². The average Bonchev–Trinajstić information content (AvgIpc) is 3.37. The molecule has 230 valence electrons. The summed E-state index contributed by atoms with van der Waals surface area (Å²) in [5.41, 5.74) is 3.27. The third kappa shape index (κ3) is 6.12. The van der Waals surface area contributed by atoms with Crippen LogP contribution in [0.1, 0.15) is 49.1 Å². The SMILES string of the molecule is CCN(CC)C(=O)C1=C(C)N=c2s/c(=C/c3ccccc3OCc3ccccc3C#N)c(=O)n2[C@H]1c1cc(OC)ccc1OC. The van der Waals surface area contributed by atoms with E-state index in [0.717, 1.165) is 5.56 Å². The van der Waals surface area contributed by atoms with Crippen molar-refractivity contribution in [2.45, 2.75) is 33.4 Å². The Hall–Kier alpha value is -5.14. The van der Waals surface area contributed by atoms with E-state index in [1.807, 2.05) is 56.3 Å². The second kappa shape index (κ2) is 13.7.